The van der Waals surface area contributed by atoms with Gasteiger partial charge >= 0.3 is 5.76 Å². The molecule has 0 atom stereocenters. The minimum atomic E-state index is -0.557. The summed E-state index contributed by atoms with van der Waals surface area (Å²) in [7, 11) is 0. The van der Waals surface area contributed by atoms with Crippen molar-refractivity contribution in [1.82, 2.24) is 4.98 Å². The normalized spacial score (nSPS) is 10.8. The number of ketones is 1. The van der Waals surface area contributed by atoms with Gasteiger partial charge in [0.05, 0.1) is 5.52 Å². The Labute approximate surface area is 123 Å². The third-order valence-electron chi connectivity index (χ3n) is 3.10. The second kappa shape index (κ2) is 5.03. The molecule has 0 fully saturated rings. The van der Waals surface area contributed by atoms with Gasteiger partial charge in [-0.15, -0.1) is 0 Å². The van der Waals surface area contributed by atoms with Gasteiger partial charge in [0.1, 0.15) is 11.3 Å². The molecule has 0 saturated heterocycles. The first kappa shape index (κ1) is 13.9. The monoisotopic (exact) mass is 300 g/mol. The highest BCUT2D eigenvalue weighted by atomic mass is 16.4. The van der Waals surface area contributed by atoms with Crippen LogP contribution in [0.3, 0.4) is 0 Å². The molecule has 0 unspecified atom stereocenters. The first-order valence-electron chi connectivity index (χ1n) is 6.49. The third-order valence-corrected chi connectivity index (χ3v) is 3.10. The first-order chi connectivity index (χ1) is 10.4. The molecule has 7 nitrogen and oxygen atoms in total. The number of Topliss-reactive ketones (excluding diaryl/α,β-unsaturated/α-hetero) is 1. The van der Waals surface area contributed by atoms with Crippen LogP contribution in [0.2, 0.25) is 0 Å². The van der Waals surface area contributed by atoms with Crippen LogP contribution >= 0.6 is 0 Å². The summed E-state index contributed by atoms with van der Waals surface area (Å²) in [4.78, 5) is 37.2. The molecule has 3 aromatic rings. The summed E-state index contributed by atoms with van der Waals surface area (Å²) >= 11 is 0. The van der Waals surface area contributed by atoms with Gasteiger partial charge in [0.2, 0.25) is 5.88 Å². The van der Waals surface area contributed by atoms with Crippen molar-refractivity contribution >= 4 is 28.5 Å². The molecule has 22 heavy (non-hydrogen) atoms. The van der Waals surface area contributed by atoms with E-state index in [1.54, 1.807) is 25.1 Å². The molecule has 0 spiro atoms. The van der Waals surface area contributed by atoms with Crippen LogP contribution in [-0.2, 0) is 0 Å². The molecule has 0 amide bonds. The number of hydrogen-bond acceptors (Lipinski definition) is 6. The summed E-state index contributed by atoms with van der Waals surface area (Å²) in [6, 6.07) is 6.14. The predicted octanol–water partition coefficient (Wildman–Crippen LogP) is 2.33. The number of rotatable bonds is 3. The zero-order chi connectivity index (χ0) is 15.9. The van der Waals surface area contributed by atoms with Gasteiger partial charge < -0.3 is 14.2 Å². The second-order valence-corrected chi connectivity index (χ2v) is 4.83. The topological polar surface area (TPSA) is 105 Å². The number of anilines is 2. The Hall–Kier alpha value is -3.09. The maximum absolute atomic E-state index is 11.9. The van der Waals surface area contributed by atoms with Crippen LogP contribution < -0.4 is 16.5 Å². The molecule has 0 bridgehead atoms. The zero-order valence-corrected chi connectivity index (χ0v) is 11.9. The van der Waals surface area contributed by atoms with E-state index < -0.39 is 17.0 Å². The van der Waals surface area contributed by atoms with Gasteiger partial charge in [-0.05, 0) is 26.0 Å². The number of aromatic nitrogens is 1. The Morgan fingerprint density at radius 2 is 1.95 bits per heavy atom. The van der Waals surface area contributed by atoms with Crippen LogP contribution in [0.4, 0.5) is 11.6 Å². The average Bonchev–Trinajstić information content (AvgIpc) is 2.76. The van der Waals surface area contributed by atoms with Gasteiger partial charge in [0.15, 0.2) is 16.8 Å². The largest absolute Gasteiger partial charge is 0.445 e. The number of carbonyl (C=O) groups excluding carboxylic acids is 1. The first-order valence-corrected chi connectivity index (χ1v) is 6.49. The van der Waals surface area contributed by atoms with Crippen LogP contribution in [0, 0.1) is 6.92 Å². The molecule has 0 radical (unpaired) electrons. The third kappa shape index (κ3) is 2.44. The number of aromatic amines is 1. The van der Waals surface area contributed by atoms with Gasteiger partial charge in [-0.2, -0.15) is 0 Å². The van der Waals surface area contributed by atoms with Gasteiger partial charge in [0, 0.05) is 17.8 Å². The minimum Gasteiger partial charge on any atom is -0.445 e. The number of hydrogen-bond donors (Lipinski definition) is 2. The summed E-state index contributed by atoms with van der Waals surface area (Å²) in [6.07, 6.45) is 0. The molecule has 0 aliphatic heterocycles. The maximum atomic E-state index is 11.9. The highest BCUT2D eigenvalue weighted by Crippen LogP contribution is 2.23. The van der Waals surface area contributed by atoms with Crippen molar-refractivity contribution in [2.24, 2.45) is 0 Å². The number of benzene rings is 1. The lowest BCUT2D eigenvalue weighted by Crippen LogP contribution is -2.15. The number of fused-ring (bicyclic) bond motifs is 1. The standard InChI is InChI=1S/C15H12N2O5/c1-7-5-11(19)13(8(2)18)14(21-7)16-9-3-4-10-12(6-9)22-15(20)17-10/h3-6,16H,1-2H3,(H,17,20). The van der Waals surface area contributed by atoms with Crippen LogP contribution in [0.15, 0.2) is 42.7 Å². The number of aryl methyl sites for hydroxylation is 1. The minimum absolute atomic E-state index is 0.0544. The second-order valence-electron chi connectivity index (χ2n) is 4.83. The molecular weight excluding hydrogens is 288 g/mol. The lowest BCUT2D eigenvalue weighted by Gasteiger charge is -2.09. The van der Waals surface area contributed by atoms with E-state index in [1.165, 1.54) is 13.0 Å². The number of oxazole rings is 1. The molecule has 3 rings (SSSR count). The summed E-state index contributed by atoms with van der Waals surface area (Å²) in [5.41, 5.74) is 0.961. The van der Waals surface area contributed by atoms with Crippen LogP contribution in [0.1, 0.15) is 23.0 Å². The SMILES string of the molecule is CC(=O)c1c(Nc2ccc3[nH]c(=O)oc3c2)oc(C)cc1=O. The maximum Gasteiger partial charge on any atom is 0.417 e. The number of carbonyl (C=O) groups is 1. The van der Waals surface area contributed by atoms with E-state index in [2.05, 4.69) is 10.3 Å². The van der Waals surface area contributed by atoms with Crippen molar-refractivity contribution < 1.29 is 13.6 Å². The lowest BCUT2D eigenvalue weighted by molar-refractivity contribution is 0.101. The van der Waals surface area contributed by atoms with Crippen LogP contribution in [0.5, 0.6) is 0 Å². The summed E-state index contributed by atoms with van der Waals surface area (Å²) in [5.74, 6) is -0.509. The molecule has 0 saturated carbocycles. The van der Waals surface area contributed by atoms with Crippen molar-refractivity contribution in [3.05, 3.63) is 56.4 Å². The highest BCUT2D eigenvalue weighted by molar-refractivity contribution is 5.98. The number of nitrogens with one attached hydrogen (secondary N) is 2. The summed E-state index contributed by atoms with van der Waals surface area (Å²) in [5, 5.41) is 2.87. The van der Waals surface area contributed by atoms with E-state index in [-0.39, 0.29) is 11.4 Å². The van der Waals surface area contributed by atoms with Crippen molar-refractivity contribution in [2.75, 3.05) is 5.32 Å². The Kier molecular flexibility index (Phi) is 3.17. The highest BCUT2D eigenvalue weighted by Gasteiger charge is 2.16. The Morgan fingerprint density at radius 3 is 2.68 bits per heavy atom. The van der Waals surface area contributed by atoms with E-state index in [1.807, 2.05) is 0 Å². The van der Waals surface area contributed by atoms with E-state index >= 15 is 0 Å². The van der Waals surface area contributed by atoms with Crippen molar-refractivity contribution in [3.8, 4) is 0 Å². The fourth-order valence-corrected chi connectivity index (χ4v) is 2.19. The fraction of sp³-hybridized carbons (Fsp3) is 0.133. The molecule has 2 N–H and O–H groups in total. The van der Waals surface area contributed by atoms with E-state index in [0.29, 0.717) is 22.5 Å². The van der Waals surface area contributed by atoms with Crippen molar-refractivity contribution in [1.29, 1.82) is 0 Å². The lowest BCUT2D eigenvalue weighted by atomic mass is 10.1. The van der Waals surface area contributed by atoms with Gasteiger partial charge in [-0.25, -0.2) is 4.79 Å². The van der Waals surface area contributed by atoms with Crippen molar-refractivity contribution in [3.63, 3.8) is 0 Å². The van der Waals surface area contributed by atoms with E-state index in [0.717, 1.165) is 0 Å². The zero-order valence-electron chi connectivity index (χ0n) is 11.9. The summed E-state index contributed by atoms with van der Waals surface area (Å²) < 4.78 is 10.4. The fourth-order valence-electron chi connectivity index (χ4n) is 2.19. The summed E-state index contributed by atoms with van der Waals surface area (Å²) in [6.45, 7) is 2.91. The number of H-pyrrole nitrogens is 1. The Bertz CT molecular complexity index is 993. The quantitative estimate of drug-likeness (QED) is 0.719. The van der Waals surface area contributed by atoms with E-state index in [9.17, 15) is 14.4 Å². The Morgan fingerprint density at radius 1 is 1.18 bits per heavy atom. The van der Waals surface area contributed by atoms with Crippen molar-refractivity contribution in [2.45, 2.75) is 13.8 Å². The van der Waals surface area contributed by atoms with E-state index in [4.69, 9.17) is 8.83 Å². The smallest absolute Gasteiger partial charge is 0.417 e. The Balaban J connectivity index is 2.09. The molecule has 7 heteroatoms. The molecule has 1 aromatic carbocycles. The van der Waals surface area contributed by atoms with Crippen LogP contribution in [-0.4, -0.2) is 10.8 Å². The van der Waals surface area contributed by atoms with Gasteiger partial charge in [-0.3, -0.25) is 14.6 Å². The average molecular weight is 300 g/mol. The van der Waals surface area contributed by atoms with Gasteiger partial charge in [-0.1, -0.05) is 0 Å². The molecule has 112 valence electrons. The molecule has 0 aliphatic rings. The van der Waals surface area contributed by atoms with Gasteiger partial charge in [0.25, 0.3) is 0 Å². The molecular formula is C15H12N2O5. The predicted molar refractivity (Wildman–Crippen MR) is 79.8 cm³/mol. The molecule has 2 aromatic heterocycles. The van der Waals surface area contributed by atoms with Crippen LogP contribution in [0.25, 0.3) is 11.1 Å². The molecule has 0 aliphatic carbocycles. The molecule has 2 heterocycles.